The van der Waals surface area contributed by atoms with Crippen LogP contribution in [-0.4, -0.2) is 16.0 Å². The Hall–Kier alpha value is -1.42. The van der Waals surface area contributed by atoms with Crippen LogP contribution >= 0.6 is 0 Å². The molecule has 0 saturated heterocycles. The molecular formula is C11H15N3O. The van der Waals surface area contributed by atoms with Crippen molar-refractivity contribution in [3.63, 3.8) is 0 Å². The number of nitrogens with zero attached hydrogens (tertiary/aromatic N) is 2. The van der Waals surface area contributed by atoms with E-state index in [0.717, 1.165) is 18.4 Å². The molecule has 15 heavy (non-hydrogen) atoms. The van der Waals surface area contributed by atoms with Crippen molar-refractivity contribution in [3.05, 3.63) is 24.2 Å². The number of hydrogen-bond acceptors (Lipinski definition) is 4. The molecule has 0 aliphatic heterocycles. The Labute approximate surface area is 88.5 Å². The molecule has 0 aliphatic carbocycles. The van der Waals surface area contributed by atoms with Crippen molar-refractivity contribution in [2.75, 3.05) is 0 Å². The van der Waals surface area contributed by atoms with Crippen molar-refractivity contribution in [1.29, 1.82) is 0 Å². The van der Waals surface area contributed by atoms with Crippen LogP contribution in [0.2, 0.25) is 0 Å². The van der Waals surface area contributed by atoms with Gasteiger partial charge in [-0.2, -0.15) is 4.98 Å². The van der Waals surface area contributed by atoms with Gasteiger partial charge in [-0.25, -0.2) is 4.98 Å². The van der Waals surface area contributed by atoms with Crippen LogP contribution in [0.15, 0.2) is 22.7 Å². The van der Waals surface area contributed by atoms with Gasteiger partial charge in [0.25, 0.3) is 0 Å². The lowest BCUT2D eigenvalue weighted by Gasteiger charge is -2.05. The summed E-state index contributed by atoms with van der Waals surface area (Å²) in [5.74, 6) is 0.685. The summed E-state index contributed by atoms with van der Waals surface area (Å²) in [6, 6.07) is 3.83. The Bertz CT molecular complexity index is 405. The molecule has 0 fully saturated rings. The fourth-order valence-corrected chi connectivity index (χ4v) is 1.60. The molecule has 0 amide bonds. The number of pyridine rings is 1. The zero-order valence-corrected chi connectivity index (χ0v) is 8.81. The third kappa shape index (κ3) is 2.33. The summed E-state index contributed by atoms with van der Waals surface area (Å²) in [7, 11) is 0. The topological polar surface area (TPSA) is 64.9 Å². The molecule has 2 aromatic rings. The minimum Gasteiger partial charge on any atom is -0.439 e. The first-order valence-electron chi connectivity index (χ1n) is 5.25. The standard InChI is InChI=1S/C11H15N3O/c1-2-4-8(12)7-10-14-11-9(15-10)5-3-6-13-11/h3,5-6,8H,2,4,7,12H2,1H3. The van der Waals surface area contributed by atoms with Gasteiger partial charge < -0.3 is 10.2 Å². The van der Waals surface area contributed by atoms with E-state index in [4.69, 9.17) is 10.2 Å². The van der Waals surface area contributed by atoms with E-state index in [1.54, 1.807) is 6.20 Å². The quantitative estimate of drug-likeness (QED) is 0.827. The Kier molecular flexibility index (Phi) is 2.97. The molecule has 4 nitrogen and oxygen atoms in total. The van der Waals surface area contributed by atoms with Gasteiger partial charge in [0.1, 0.15) is 0 Å². The van der Waals surface area contributed by atoms with Crippen LogP contribution in [0.4, 0.5) is 0 Å². The third-order valence-electron chi connectivity index (χ3n) is 2.31. The molecule has 1 unspecified atom stereocenters. The minimum absolute atomic E-state index is 0.128. The number of aromatic nitrogens is 2. The summed E-state index contributed by atoms with van der Waals surface area (Å²) in [6.45, 7) is 2.12. The highest BCUT2D eigenvalue weighted by Gasteiger charge is 2.09. The summed E-state index contributed by atoms with van der Waals surface area (Å²) in [4.78, 5) is 8.39. The molecule has 0 aromatic carbocycles. The van der Waals surface area contributed by atoms with E-state index < -0.39 is 0 Å². The van der Waals surface area contributed by atoms with Gasteiger partial charge in [-0.3, -0.25) is 0 Å². The van der Waals surface area contributed by atoms with Gasteiger partial charge >= 0.3 is 0 Å². The molecule has 4 heteroatoms. The summed E-state index contributed by atoms with van der Waals surface area (Å²) in [5, 5.41) is 0. The summed E-state index contributed by atoms with van der Waals surface area (Å²) < 4.78 is 5.53. The highest BCUT2D eigenvalue weighted by Crippen LogP contribution is 2.13. The van der Waals surface area contributed by atoms with Crippen molar-refractivity contribution in [1.82, 2.24) is 9.97 Å². The van der Waals surface area contributed by atoms with Crippen LogP contribution in [0, 0.1) is 0 Å². The minimum atomic E-state index is 0.128. The van der Waals surface area contributed by atoms with Gasteiger partial charge in [0.15, 0.2) is 17.1 Å². The van der Waals surface area contributed by atoms with Crippen LogP contribution in [-0.2, 0) is 6.42 Å². The highest BCUT2D eigenvalue weighted by atomic mass is 16.3. The van der Waals surface area contributed by atoms with Crippen LogP contribution in [0.3, 0.4) is 0 Å². The number of rotatable bonds is 4. The Morgan fingerprint density at radius 2 is 2.40 bits per heavy atom. The molecule has 2 rings (SSSR count). The summed E-state index contributed by atoms with van der Waals surface area (Å²) in [6.07, 6.45) is 4.47. The lowest BCUT2D eigenvalue weighted by molar-refractivity contribution is 0.481. The first-order valence-corrected chi connectivity index (χ1v) is 5.25. The van der Waals surface area contributed by atoms with Gasteiger partial charge in [-0.05, 0) is 18.6 Å². The number of fused-ring (bicyclic) bond motifs is 1. The van der Waals surface area contributed by atoms with Gasteiger partial charge in [0.2, 0.25) is 0 Å². The zero-order chi connectivity index (χ0) is 10.7. The molecule has 0 spiro atoms. The molecule has 2 aromatic heterocycles. The molecule has 0 aliphatic rings. The number of hydrogen-bond donors (Lipinski definition) is 1. The normalized spacial score (nSPS) is 13.2. The van der Waals surface area contributed by atoms with E-state index in [0.29, 0.717) is 18.0 Å². The third-order valence-corrected chi connectivity index (χ3v) is 2.31. The zero-order valence-electron chi connectivity index (χ0n) is 8.81. The van der Waals surface area contributed by atoms with Crippen molar-refractivity contribution in [3.8, 4) is 0 Å². The Morgan fingerprint density at radius 3 is 3.13 bits per heavy atom. The van der Waals surface area contributed by atoms with Crippen molar-refractivity contribution in [2.24, 2.45) is 5.73 Å². The van der Waals surface area contributed by atoms with Crippen LogP contribution in [0.1, 0.15) is 25.7 Å². The second-order valence-corrected chi connectivity index (χ2v) is 3.69. The highest BCUT2D eigenvalue weighted by molar-refractivity contribution is 5.66. The SMILES string of the molecule is CCCC(N)Cc1nc2ncccc2o1. The van der Waals surface area contributed by atoms with E-state index in [1.165, 1.54) is 0 Å². The first-order chi connectivity index (χ1) is 7.29. The molecule has 0 saturated carbocycles. The second kappa shape index (κ2) is 4.40. The number of oxazole rings is 1. The number of nitrogens with two attached hydrogens (primary N) is 1. The lowest BCUT2D eigenvalue weighted by Crippen LogP contribution is -2.22. The van der Waals surface area contributed by atoms with E-state index >= 15 is 0 Å². The molecule has 0 radical (unpaired) electrons. The average molecular weight is 205 g/mol. The largest absolute Gasteiger partial charge is 0.439 e. The van der Waals surface area contributed by atoms with Gasteiger partial charge in [0, 0.05) is 18.7 Å². The van der Waals surface area contributed by atoms with Crippen molar-refractivity contribution >= 4 is 11.2 Å². The van der Waals surface area contributed by atoms with E-state index in [9.17, 15) is 0 Å². The van der Waals surface area contributed by atoms with Crippen molar-refractivity contribution in [2.45, 2.75) is 32.2 Å². The Morgan fingerprint density at radius 1 is 1.53 bits per heavy atom. The first kappa shape index (κ1) is 10.1. The predicted octanol–water partition coefficient (Wildman–Crippen LogP) is 1.89. The van der Waals surface area contributed by atoms with Crippen LogP contribution in [0.25, 0.3) is 11.2 Å². The van der Waals surface area contributed by atoms with Crippen molar-refractivity contribution < 1.29 is 4.42 Å². The van der Waals surface area contributed by atoms with Crippen LogP contribution in [0.5, 0.6) is 0 Å². The average Bonchev–Trinajstić information content (AvgIpc) is 2.59. The molecule has 1 atom stereocenters. The maximum atomic E-state index is 5.92. The molecule has 2 heterocycles. The fourth-order valence-electron chi connectivity index (χ4n) is 1.60. The smallest absolute Gasteiger partial charge is 0.198 e. The predicted molar refractivity (Wildman–Crippen MR) is 58.4 cm³/mol. The lowest BCUT2D eigenvalue weighted by atomic mass is 10.1. The Balaban J connectivity index is 2.15. The van der Waals surface area contributed by atoms with Gasteiger partial charge in [-0.15, -0.1) is 0 Å². The maximum Gasteiger partial charge on any atom is 0.198 e. The fraction of sp³-hybridized carbons (Fsp3) is 0.455. The summed E-state index contributed by atoms with van der Waals surface area (Å²) in [5.41, 5.74) is 7.31. The monoisotopic (exact) mass is 205 g/mol. The molecule has 2 N–H and O–H groups in total. The summed E-state index contributed by atoms with van der Waals surface area (Å²) >= 11 is 0. The van der Waals surface area contributed by atoms with E-state index in [1.807, 2.05) is 12.1 Å². The molecule has 80 valence electrons. The van der Waals surface area contributed by atoms with Crippen LogP contribution < -0.4 is 5.73 Å². The van der Waals surface area contributed by atoms with Gasteiger partial charge in [-0.1, -0.05) is 13.3 Å². The molecule has 0 bridgehead atoms. The van der Waals surface area contributed by atoms with E-state index in [-0.39, 0.29) is 6.04 Å². The van der Waals surface area contributed by atoms with E-state index in [2.05, 4.69) is 16.9 Å². The maximum absolute atomic E-state index is 5.92. The second-order valence-electron chi connectivity index (χ2n) is 3.69. The molecular weight excluding hydrogens is 190 g/mol. The van der Waals surface area contributed by atoms with Gasteiger partial charge in [0.05, 0.1) is 0 Å².